The van der Waals surface area contributed by atoms with Gasteiger partial charge in [-0.25, -0.2) is 4.98 Å². The number of hydrogen-bond donors (Lipinski definition) is 2. The van der Waals surface area contributed by atoms with E-state index in [4.69, 9.17) is 5.73 Å². The minimum Gasteiger partial charge on any atom is -0.399 e. The SMILES string of the molecule is CC(C)(C)c1nsc(Nc2cccc(N)c2)n1. The molecule has 0 atom stereocenters. The van der Waals surface area contributed by atoms with E-state index in [1.807, 2.05) is 24.3 Å². The van der Waals surface area contributed by atoms with E-state index in [2.05, 4.69) is 35.4 Å². The molecule has 0 saturated heterocycles. The lowest BCUT2D eigenvalue weighted by Gasteiger charge is -2.12. The number of nitrogens with one attached hydrogen (secondary N) is 1. The molecule has 5 heteroatoms. The lowest BCUT2D eigenvalue weighted by molar-refractivity contribution is 0.555. The molecule has 2 rings (SSSR count). The molecule has 0 bridgehead atoms. The van der Waals surface area contributed by atoms with Crippen molar-refractivity contribution in [2.45, 2.75) is 26.2 Å². The summed E-state index contributed by atoms with van der Waals surface area (Å²) in [5.41, 5.74) is 7.36. The molecule has 0 spiro atoms. The largest absolute Gasteiger partial charge is 0.399 e. The van der Waals surface area contributed by atoms with Gasteiger partial charge in [-0.3, -0.25) is 0 Å². The number of nitrogens with zero attached hydrogens (tertiary/aromatic N) is 2. The van der Waals surface area contributed by atoms with Gasteiger partial charge in [0.15, 0.2) is 0 Å². The van der Waals surface area contributed by atoms with E-state index in [-0.39, 0.29) is 5.41 Å². The summed E-state index contributed by atoms with van der Waals surface area (Å²) in [7, 11) is 0. The van der Waals surface area contributed by atoms with Gasteiger partial charge in [-0.2, -0.15) is 4.37 Å². The summed E-state index contributed by atoms with van der Waals surface area (Å²) in [5.74, 6) is 0.855. The topological polar surface area (TPSA) is 63.8 Å². The summed E-state index contributed by atoms with van der Waals surface area (Å²) in [5, 5.41) is 3.99. The van der Waals surface area contributed by atoms with Crippen molar-refractivity contribution in [3.8, 4) is 0 Å². The molecule has 0 aliphatic heterocycles. The van der Waals surface area contributed by atoms with Crippen molar-refractivity contribution in [2.24, 2.45) is 0 Å². The van der Waals surface area contributed by atoms with Crippen molar-refractivity contribution in [3.05, 3.63) is 30.1 Å². The van der Waals surface area contributed by atoms with Crippen LogP contribution in [0, 0.1) is 0 Å². The molecule has 0 unspecified atom stereocenters. The molecule has 2 aromatic rings. The minimum atomic E-state index is -0.0217. The van der Waals surface area contributed by atoms with Gasteiger partial charge in [0, 0.05) is 28.3 Å². The lowest BCUT2D eigenvalue weighted by Crippen LogP contribution is -2.13. The fourth-order valence-electron chi connectivity index (χ4n) is 1.32. The Bertz CT molecular complexity index is 513. The Hall–Kier alpha value is -1.62. The molecular weight excluding hydrogens is 232 g/mol. The highest BCUT2D eigenvalue weighted by Crippen LogP contribution is 2.25. The van der Waals surface area contributed by atoms with Crippen LogP contribution in [0.4, 0.5) is 16.5 Å². The van der Waals surface area contributed by atoms with Crippen molar-refractivity contribution in [1.82, 2.24) is 9.36 Å². The Balaban J connectivity index is 2.17. The van der Waals surface area contributed by atoms with Gasteiger partial charge in [-0.05, 0) is 18.2 Å². The van der Waals surface area contributed by atoms with E-state index in [0.29, 0.717) is 0 Å². The Morgan fingerprint density at radius 3 is 2.65 bits per heavy atom. The van der Waals surface area contributed by atoms with Gasteiger partial charge in [0.25, 0.3) is 0 Å². The molecule has 1 aromatic carbocycles. The van der Waals surface area contributed by atoms with Crippen molar-refractivity contribution >= 4 is 28.0 Å². The lowest BCUT2D eigenvalue weighted by atomic mass is 9.96. The molecule has 3 N–H and O–H groups in total. The first-order valence-corrected chi connectivity index (χ1v) is 6.19. The van der Waals surface area contributed by atoms with E-state index in [0.717, 1.165) is 22.3 Å². The van der Waals surface area contributed by atoms with Crippen LogP contribution in [0.5, 0.6) is 0 Å². The number of rotatable bonds is 2. The zero-order valence-corrected chi connectivity index (χ0v) is 11.0. The molecular formula is C12H16N4S. The maximum Gasteiger partial charge on any atom is 0.207 e. The van der Waals surface area contributed by atoms with E-state index < -0.39 is 0 Å². The van der Waals surface area contributed by atoms with Gasteiger partial charge in [0.2, 0.25) is 5.13 Å². The summed E-state index contributed by atoms with van der Waals surface area (Å²) < 4.78 is 4.34. The van der Waals surface area contributed by atoms with E-state index in [1.54, 1.807) is 0 Å². The van der Waals surface area contributed by atoms with E-state index >= 15 is 0 Å². The van der Waals surface area contributed by atoms with Crippen LogP contribution >= 0.6 is 11.5 Å². The number of benzene rings is 1. The summed E-state index contributed by atoms with van der Waals surface area (Å²) in [6.45, 7) is 6.29. The molecule has 0 radical (unpaired) electrons. The quantitative estimate of drug-likeness (QED) is 0.801. The van der Waals surface area contributed by atoms with Crippen LogP contribution in [0.1, 0.15) is 26.6 Å². The highest BCUT2D eigenvalue weighted by molar-refractivity contribution is 7.09. The molecule has 0 aliphatic carbocycles. The van der Waals surface area contributed by atoms with Crippen molar-refractivity contribution in [2.75, 3.05) is 11.1 Å². The maximum atomic E-state index is 5.71. The summed E-state index contributed by atoms with van der Waals surface area (Å²) in [6.07, 6.45) is 0. The Kier molecular flexibility index (Phi) is 3.02. The Labute approximate surface area is 105 Å². The van der Waals surface area contributed by atoms with Gasteiger partial charge < -0.3 is 11.1 Å². The first-order chi connectivity index (χ1) is 7.95. The molecule has 4 nitrogen and oxygen atoms in total. The number of anilines is 3. The monoisotopic (exact) mass is 248 g/mol. The predicted molar refractivity (Wildman–Crippen MR) is 72.7 cm³/mol. The molecule has 90 valence electrons. The van der Waals surface area contributed by atoms with Gasteiger partial charge in [0.05, 0.1) is 0 Å². The first kappa shape index (κ1) is 11.9. The van der Waals surface area contributed by atoms with Crippen LogP contribution in [-0.4, -0.2) is 9.36 Å². The maximum absolute atomic E-state index is 5.71. The van der Waals surface area contributed by atoms with Crippen LogP contribution in [0.25, 0.3) is 0 Å². The van der Waals surface area contributed by atoms with Crippen molar-refractivity contribution < 1.29 is 0 Å². The van der Waals surface area contributed by atoms with Crippen LogP contribution in [0.3, 0.4) is 0 Å². The van der Waals surface area contributed by atoms with Gasteiger partial charge in [-0.15, -0.1) is 0 Å². The number of nitrogen functional groups attached to an aromatic ring is 1. The summed E-state index contributed by atoms with van der Waals surface area (Å²) in [4.78, 5) is 4.46. The minimum absolute atomic E-state index is 0.0217. The predicted octanol–water partition coefficient (Wildman–Crippen LogP) is 3.16. The fraction of sp³-hybridized carbons (Fsp3) is 0.333. The molecule has 0 amide bonds. The molecule has 0 fully saturated rings. The van der Waals surface area contributed by atoms with Gasteiger partial charge >= 0.3 is 0 Å². The first-order valence-electron chi connectivity index (χ1n) is 5.42. The third kappa shape index (κ3) is 2.94. The van der Waals surface area contributed by atoms with Crippen LogP contribution in [-0.2, 0) is 5.41 Å². The zero-order chi connectivity index (χ0) is 12.5. The molecule has 0 saturated carbocycles. The zero-order valence-electron chi connectivity index (χ0n) is 10.2. The normalized spacial score (nSPS) is 11.5. The Morgan fingerprint density at radius 1 is 1.29 bits per heavy atom. The number of nitrogens with two attached hydrogens (primary N) is 1. The summed E-state index contributed by atoms with van der Waals surface area (Å²) in [6, 6.07) is 7.59. The molecule has 1 heterocycles. The molecule has 17 heavy (non-hydrogen) atoms. The standard InChI is InChI=1S/C12H16N4S/c1-12(2,3)10-15-11(17-16-10)14-9-6-4-5-8(13)7-9/h4-7H,13H2,1-3H3,(H,14,15,16). The molecule has 1 aromatic heterocycles. The van der Waals surface area contributed by atoms with Crippen molar-refractivity contribution in [3.63, 3.8) is 0 Å². The Morgan fingerprint density at radius 2 is 2.06 bits per heavy atom. The van der Waals surface area contributed by atoms with Crippen LogP contribution in [0.15, 0.2) is 24.3 Å². The average molecular weight is 248 g/mol. The van der Waals surface area contributed by atoms with Crippen LogP contribution in [0.2, 0.25) is 0 Å². The third-order valence-electron chi connectivity index (χ3n) is 2.23. The van der Waals surface area contributed by atoms with E-state index in [9.17, 15) is 0 Å². The fourth-order valence-corrected chi connectivity index (χ4v) is 2.10. The van der Waals surface area contributed by atoms with Crippen molar-refractivity contribution in [1.29, 1.82) is 0 Å². The second-order valence-electron chi connectivity index (χ2n) is 4.92. The average Bonchev–Trinajstić information content (AvgIpc) is 2.65. The smallest absolute Gasteiger partial charge is 0.207 e. The second kappa shape index (κ2) is 4.33. The van der Waals surface area contributed by atoms with Crippen LogP contribution < -0.4 is 11.1 Å². The second-order valence-corrected chi connectivity index (χ2v) is 5.68. The number of hydrogen-bond acceptors (Lipinski definition) is 5. The highest BCUT2D eigenvalue weighted by Gasteiger charge is 2.19. The van der Waals surface area contributed by atoms with E-state index in [1.165, 1.54) is 11.5 Å². The van der Waals surface area contributed by atoms with Gasteiger partial charge in [-0.1, -0.05) is 26.8 Å². The summed E-state index contributed by atoms with van der Waals surface area (Å²) >= 11 is 1.36. The third-order valence-corrected chi connectivity index (χ3v) is 2.87. The number of aromatic nitrogens is 2. The highest BCUT2D eigenvalue weighted by atomic mass is 32.1. The van der Waals surface area contributed by atoms with Gasteiger partial charge in [0.1, 0.15) is 5.82 Å². The molecule has 0 aliphatic rings.